The van der Waals surface area contributed by atoms with Crippen molar-refractivity contribution in [1.82, 2.24) is 0 Å². The fraction of sp³-hybridized carbons (Fsp3) is 0.135. The summed E-state index contributed by atoms with van der Waals surface area (Å²) in [7, 11) is 0. The molecular weight excluding hydrogens is 536 g/mol. The van der Waals surface area contributed by atoms with Crippen molar-refractivity contribution in [2.75, 3.05) is 0 Å². The molecule has 1 heteroatoms. The largest absolute Gasteiger partial charge is 4.00 e. The molecule has 0 saturated heterocycles. The molecule has 188 valence electrons. The second-order valence-corrected chi connectivity index (χ2v) is 10.3. The third-order valence-electron chi connectivity index (χ3n) is 7.65. The Morgan fingerprint density at radius 1 is 0.500 bits per heavy atom. The van der Waals surface area contributed by atoms with Gasteiger partial charge in [-0.1, -0.05) is 117 Å². The molecule has 0 radical (unpaired) electrons. The van der Waals surface area contributed by atoms with Crippen molar-refractivity contribution in [3.8, 4) is 22.3 Å². The monoisotopic (exact) mass is 570 g/mol. The standard InChI is InChI=1S/C35H30.2CH3.Zr/c1-23-21-27-17-11-19-29(25-13-7-5-8-14-25)31(27)33(23)35(3,4)34-24(2)22-28-18-12-20-30(32(28)34)26-15-9-6-10-16-26;;;/h5-22H,1-4H3;2*1H3;/q-2;2*-1;+4. The van der Waals surface area contributed by atoms with Crippen LogP contribution in [0.1, 0.15) is 36.1 Å². The van der Waals surface area contributed by atoms with Crippen LogP contribution in [0.2, 0.25) is 0 Å². The molecule has 0 heterocycles. The van der Waals surface area contributed by atoms with E-state index in [1.54, 1.807) is 0 Å². The zero-order chi connectivity index (χ0) is 24.2. The summed E-state index contributed by atoms with van der Waals surface area (Å²) in [5.74, 6) is 0. The van der Waals surface area contributed by atoms with Crippen LogP contribution in [0.15, 0.2) is 109 Å². The maximum atomic E-state index is 2.42. The maximum absolute atomic E-state index is 2.42. The third kappa shape index (κ3) is 4.67. The van der Waals surface area contributed by atoms with Crippen LogP contribution in [0.3, 0.4) is 0 Å². The van der Waals surface area contributed by atoms with E-state index in [2.05, 4.69) is 137 Å². The van der Waals surface area contributed by atoms with Crippen LogP contribution < -0.4 is 0 Å². The minimum absolute atomic E-state index is 0. The molecule has 0 aromatic heterocycles. The number of benzene rings is 4. The third-order valence-corrected chi connectivity index (χ3v) is 7.65. The molecule has 0 aliphatic rings. The Kier molecular flexibility index (Phi) is 8.85. The van der Waals surface area contributed by atoms with E-state index in [0.29, 0.717) is 0 Å². The molecule has 38 heavy (non-hydrogen) atoms. The molecule has 0 nitrogen and oxygen atoms in total. The van der Waals surface area contributed by atoms with Gasteiger partial charge in [-0.15, -0.1) is 80.2 Å². The molecule has 0 bridgehead atoms. The van der Waals surface area contributed by atoms with Gasteiger partial charge in [0, 0.05) is 0 Å². The van der Waals surface area contributed by atoms with Crippen LogP contribution >= 0.6 is 0 Å². The minimum atomic E-state index is -0.173. The van der Waals surface area contributed by atoms with E-state index < -0.39 is 0 Å². The first-order chi connectivity index (χ1) is 17.0. The Balaban J connectivity index is 0.00000133. The van der Waals surface area contributed by atoms with Gasteiger partial charge in [0.15, 0.2) is 0 Å². The van der Waals surface area contributed by atoms with E-state index in [9.17, 15) is 0 Å². The van der Waals surface area contributed by atoms with Crippen molar-refractivity contribution in [2.45, 2.75) is 33.1 Å². The van der Waals surface area contributed by atoms with Crippen LogP contribution in [-0.4, -0.2) is 0 Å². The van der Waals surface area contributed by atoms with Gasteiger partial charge in [-0.25, -0.2) is 0 Å². The van der Waals surface area contributed by atoms with Crippen molar-refractivity contribution in [3.63, 3.8) is 0 Å². The van der Waals surface area contributed by atoms with Gasteiger partial charge >= 0.3 is 26.2 Å². The van der Waals surface area contributed by atoms with E-state index in [0.717, 1.165) is 0 Å². The van der Waals surface area contributed by atoms with Gasteiger partial charge in [0.05, 0.1) is 0 Å². The Morgan fingerprint density at radius 3 is 1.24 bits per heavy atom. The molecule has 0 N–H and O–H groups in total. The first kappa shape index (κ1) is 29.5. The van der Waals surface area contributed by atoms with Crippen LogP contribution in [-0.2, 0) is 31.6 Å². The van der Waals surface area contributed by atoms with Crippen LogP contribution in [0.25, 0.3) is 43.8 Å². The summed E-state index contributed by atoms with van der Waals surface area (Å²) in [4.78, 5) is 0. The predicted octanol–water partition coefficient (Wildman–Crippen LogP) is 10.6. The van der Waals surface area contributed by atoms with Crippen molar-refractivity contribution >= 4 is 21.5 Å². The van der Waals surface area contributed by atoms with Crippen LogP contribution in [0.4, 0.5) is 0 Å². The smallest absolute Gasteiger partial charge is 0.358 e. The molecular formula is C37H36Zr. The minimum Gasteiger partial charge on any atom is -0.358 e. The predicted molar refractivity (Wildman–Crippen MR) is 164 cm³/mol. The molecule has 0 aliphatic carbocycles. The summed E-state index contributed by atoms with van der Waals surface area (Å²) >= 11 is 0. The fourth-order valence-corrected chi connectivity index (χ4v) is 6.40. The van der Waals surface area contributed by atoms with Gasteiger partial charge in [0.2, 0.25) is 0 Å². The zero-order valence-electron chi connectivity index (χ0n) is 23.4. The summed E-state index contributed by atoms with van der Waals surface area (Å²) < 4.78 is 0. The molecule has 0 unspecified atom stereocenters. The number of aryl methyl sites for hydroxylation is 2. The molecule has 6 rings (SSSR count). The molecule has 0 amide bonds. The molecule has 0 fully saturated rings. The SMILES string of the molecule is Cc1[cH-]c2cccc(-c3ccccc3)c2c1C(C)(C)c1c(C)[cH-]c2cccc(-c3ccccc3)c12.[CH3-].[CH3-].[Zr+4]. The first-order valence-electron chi connectivity index (χ1n) is 12.5. The fourth-order valence-electron chi connectivity index (χ4n) is 6.40. The summed E-state index contributed by atoms with van der Waals surface area (Å²) in [6, 6.07) is 39.8. The van der Waals surface area contributed by atoms with Crippen molar-refractivity contribution in [1.29, 1.82) is 0 Å². The molecule has 6 aromatic rings. The van der Waals surface area contributed by atoms with Crippen molar-refractivity contribution < 1.29 is 26.2 Å². The molecule has 0 saturated carbocycles. The van der Waals surface area contributed by atoms with E-state index in [1.807, 2.05) is 0 Å². The summed E-state index contributed by atoms with van der Waals surface area (Å²) in [5.41, 5.74) is 10.6. The van der Waals surface area contributed by atoms with Crippen LogP contribution in [0.5, 0.6) is 0 Å². The topological polar surface area (TPSA) is 0 Å². The van der Waals surface area contributed by atoms with Crippen molar-refractivity contribution in [2.24, 2.45) is 0 Å². The Bertz CT molecular complexity index is 1540. The zero-order valence-corrected chi connectivity index (χ0v) is 25.9. The summed E-state index contributed by atoms with van der Waals surface area (Å²) in [5, 5.41) is 5.41. The van der Waals surface area contributed by atoms with Gasteiger partial charge in [-0.3, -0.25) is 0 Å². The van der Waals surface area contributed by atoms with E-state index in [-0.39, 0.29) is 46.5 Å². The van der Waals surface area contributed by atoms with E-state index >= 15 is 0 Å². The number of rotatable bonds is 4. The Morgan fingerprint density at radius 2 is 0.868 bits per heavy atom. The second-order valence-electron chi connectivity index (χ2n) is 10.3. The van der Waals surface area contributed by atoms with Gasteiger partial charge in [0.25, 0.3) is 0 Å². The van der Waals surface area contributed by atoms with Crippen molar-refractivity contribution in [3.05, 3.63) is 146 Å². The van der Waals surface area contributed by atoms with Gasteiger partial charge in [-0.05, 0) is 11.1 Å². The quantitative estimate of drug-likeness (QED) is 0.185. The number of hydrogen-bond acceptors (Lipinski definition) is 0. The van der Waals surface area contributed by atoms with E-state index in [4.69, 9.17) is 0 Å². The van der Waals surface area contributed by atoms with Gasteiger partial charge in [-0.2, -0.15) is 0 Å². The van der Waals surface area contributed by atoms with Crippen LogP contribution in [0, 0.1) is 28.7 Å². The molecule has 6 aromatic carbocycles. The molecule has 0 spiro atoms. The second kappa shape index (κ2) is 11.4. The summed E-state index contributed by atoms with van der Waals surface area (Å²) in [6.45, 7) is 9.40. The van der Waals surface area contributed by atoms with Gasteiger partial charge < -0.3 is 14.9 Å². The average molecular weight is 572 g/mol. The maximum Gasteiger partial charge on any atom is 4.00 e. The molecule has 0 atom stereocenters. The van der Waals surface area contributed by atoms with Gasteiger partial charge in [0.1, 0.15) is 0 Å². The first-order valence-corrected chi connectivity index (χ1v) is 12.5. The number of hydrogen-bond donors (Lipinski definition) is 0. The average Bonchev–Trinajstić information content (AvgIpc) is 3.41. The normalized spacial score (nSPS) is 11.1. The molecule has 0 aliphatic heterocycles. The summed E-state index contributed by atoms with van der Waals surface area (Å²) in [6.07, 6.45) is 0. The van der Waals surface area contributed by atoms with E-state index in [1.165, 1.54) is 66.1 Å². The Labute approximate surface area is 248 Å². The Hall–Kier alpha value is -3.02. The number of fused-ring (bicyclic) bond motifs is 2.